The third kappa shape index (κ3) is 7.01. The molecule has 1 atom stereocenters. The molecule has 3 rings (SSSR count). The van der Waals surface area contributed by atoms with Crippen LogP contribution in [0.5, 0.6) is 0 Å². The summed E-state index contributed by atoms with van der Waals surface area (Å²) in [5.41, 5.74) is 2.17. The molecule has 0 fully saturated rings. The van der Waals surface area contributed by atoms with Gasteiger partial charge in [0.25, 0.3) is 0 Å². The fourth-order valence-corrected chi connectivity index (χ4v) is 2.86. The lowest BCUT2D eigenvalue weighted by atomic mass is 10.0. The van der Waals surface area contributed by atoms with Gasteiger partial charge in [-0.05, 0) is 35.7 Å². The number of guanidine groups is 1. The molecule has 0 saturated heterocycles. The molecule has 3 aromatic rings. The van der Waals surface area contributed by atoms with Crippen molar-refractivity contribution in [2.24, 2.45) is 4.99 Å². The van der Waals surface area contributed by atoms with Gasteiger partial charge in [0, 0.05) is 37.1 Å². The maximum atomic E-state index is 5.91. The second-order valence-corrected chi connectivity index (χ2v) is 6.90. The molecule has 0 aliphatic carbocycles. The van der Waals surface area contributed by atoms with E-state index in [1.54, 1.807) is 19.2 Å². The summed E-state index contributed by atoms with van der Waals surface area (Å²) < 4.78 is 5.33. The normalized spacial score (nSPS) is 12.2. The van der Waals surface area contributed by atoms with Gasteiger partial charge < -0.3 is 15.2 Å². The Labute approximate surface area is 193 Å². The summed E-state index contributed by atoms with van der Waals surface area (Å²) >= 11 is 5.91. The SMILES string of the molecule is CN=C(NCCc1nc(-c2ccc(Cl)cc2)no1)NCC(C)c1ccccc1.I. The van der Waals surface area contributed by atoms with E-state index in [0.717, 1.165) is 18.1 Å². The standard InChI is InChI=1S/C21H24ClN5O.HI/c1-15(16-6-4-3-5-7-16)14-25-21(23-2)24-13-12-19-26-20(27-28-19)17-8-10-18(22)11-9-17;/h3-11,15H,12-14H2,1-2H3,(H2,23,24,25);1H. The molecular weight excluding hydrogens is 501 g/mol. The average Bonchev–Trinajstić information content (AvgIpc) is 3.20. The van der Waals surface area contributed by atoms with Gasteiger partial charge in [0.15, 0.2) is 5.96 Å². The predicted octanol–water partition coefficient (Wildman–Crippen LogP) is 4.52. The Kier molecular flexibility index (Phi) is 9.40. The van der Waals surface area contributed by atoms with Crippen molar-refractivity contribution in [1.82, 2.24) is 20.8 Å². The van der Waals surface area contributed by atoms with Crippen molar-refractivity contribution in [1.29, 1.82) is 0 Å². The van der Waals surface area contributed by atoms with Gasteiger partial charge in [0.05, 0.1) is 0 Å². The van der Waals surface area contributed by atoms with Crippen LogP contribution in [-0.4, -0.2) is 36.2 Å². The molecule has 0 spiro atoms. The van der Waals surface area contributed by atoms with Crippen molar-refractivity contribution < 1.29 is 4.52 Å². The van der Waals surface area contributed by atoms with E-state index < -0.39 is 0 Å². The highest BCUT2D eigenvalue weighted by atomic mass is 127. The Balaban J connectivity index is 0.00000300. The Hall–Kier alpha value is -2.13. The quantitative estimate of drug-likeness (QED) is 0.270. The molecule has 2 N–H and O–H groups in total. The van der Waals surface area contributed by atoms with Gasteiger partial charge in [-0.2, -0.15) is 4.98 Å². The second kappa shape index (κ2) is 11.8. The van der Waals surface area contributed by atoms with Gasteiger partial charge in [0.2, 0.25) is 11.7 Å². The molecule has 29 heavy (non-hydrogen) atoms. The molecule has 1 unspecified atom stereocenters. The first kappa shape index (κ1) is 23.2. The molecule has 2 aromatic carbocycles. The molecule has 0 bridgehead atoms. The van der Waals surface area contributed by atoms with Crippen LogP contribution < -0.4 is 10.6 Å². The summed E-state index contributed by atoms with van der Waals surface area (Å²) in [7, 11) is 1.76. The van der Waals surface area contributed by atoms with E-state index >= 15 is 0 Å². The highest BCUT2D eigenvalue weighted by molar-refractivity contribution is 14.0. The summed E-state index contributed by atoms with van der Waals surface area (Å²) in [6.45, 7) is 3.62. The molecular formula is C21H25ClIN5O. The Morgan fingerprint density at radius 2 is 1.83 bits per heavy atom. The maximum Gasteiger partial charge on any atom is 0.228 e. The Morgan fingerprint density at radius 1 is 1.10 bits per heavy atom. The van der Waals surface area contributed by atoms with E-state index in [0.29, 0.717) is 35.6 Å². The van der Waals surface area contributed by atoms with E-state index in [1.165, 1.54) is 5.56 Å². The fraction of sp³-hybridized carbons (Fsp3) is 0.286. The first-order valence-corrected chi connectivity index (χ1v) is 9.61. The minimum atomic E-state index is 0. The van der Waals surface area contributed by atoms with Crippen LogP contribution in [0.2, 0.25) is 5.02 Å². The van der Waals surface area contributed by atoms with Gasteiger partial charge in [-0.3, -0.25) is 4.99 Å². The number of hydrogen-bond acceptors (Lipinski definition) is 4. The largest absolute Gasteiger partial charge is 0.356 e. The summed E-state index contributed by atoms with van der Waals surface area (Å²) in [6, 6.07) is 17.8. The van der Waals surface area contributed by atoms with Gasteiger partial charge in [-0.15, -0.1) is 24.0 Å². The number of benzene rings is 2. The zero-order valence-electron chi connectivity index (χ0n) is 16.4. The highest BCUT2D eigenvalue weighted by Gasteiger charge is 2.09. The third-order valence-electron chi connectivity index (χ3n) is 4.37. The van der Waals surface area contributed by atoms with Crippen LogP contribution in [0.15, 0.2) is 64.1 Å². The molecule has 0 aliphatic rings. The van der Waals surface area contributed by atoms with E-state index in [2.05, 4.69) is 57.0 Å². The smallest absolute Gasteiger partial charge is 0.228 e. The number of hydrogen-bond donors (Lipinski definition) is 2. The molecule has 6 nitrogen and oxygen atoms in total. The zero-order chi connectivity index (χ0) is 19.8. The minimum Gasteiger partial charge on any atom is -0.356 e. The molecule has 0 radical (unpaired) electrons. The van der Waals surface area contributed by atoms with Gasteiger partial charge >= 0.3 is 0 Å². The molecule has 1 aromatic heterocycles. The molecule has 0 saturated carbocycles. The molecule has 0 amide bonds. The number of nitrogens with one attached hydrogen (secondary N) is 2. The monoisotopic (exact) mass is 525 g/mol. The molecule has 0 aliphatic heterocycles. The van der Waals surface area contributed by atoms with Crippen LogP contribution in [0.25, 0.3) is 11.4 Å². The number of aromatic nitrogens is 2. The number of nitrogens with zero attached hydrogens (tertiary/aromatic N) is 3. The van der Waals surface area contributed by atoms with Gasteiger partial charge in [0.1, 0.15) is 0 Å². The Morgan fingerprint density at radius 3 is 2.52 bits per heavy atom. The van der Waals surface area contributed by atoms with Crippen LogP contribution in [0.1, 0.15) is 24.3 Å². The first-order chi connectivity index (χ1) is 13.7. The lowest BCUT2D eigenvalue weighted by Crippen LogP contribution is -2.39. The van der Waals surface area contributed by atoms with E-state index in [1.807, 2.05) is 18.2 Å². The summed E-state index contributed by atoms with van der Waals surface area (Å²) in [6.07, 6.45) is 0.607. The van der Waals surface area contributed by atoms with E-state index in [4.69, 9.17) is 16.1 Å². The summed E-state index contributed by atoms with van der Waals surface area (Å²) in [5.74, 6) is 2.27. The summed E-state index contributed by atoms with van der Waals surface area (Å²) in [4.78, 5) is 8.69. The lowest BCUT2D eigenvalue weighted by Gasteiger charge is -2.16. The average molecular weight is 526 g/mol. The Bertz CT molecular complexity index is 899. The van der Waals surface area contributed by atoms with Crippen LogP contribution in [0.3, 0.4) is 0 Å². The zero-order valence-corrected chi connectivity index (χ0v) is 19.5. The molecule has 154 valence electrons. The number of rotatable bonds is 7. The van der Waals surface area contributed by atoms with Crippen molar-refractivity contribution in [3.63, 3.8) is 0 Å². The van der Waals surface area contributed by atoms with Gasteiger partial charge in [-0.25, -0.2) is 0 Å². The summed E-state index contributed by atoms with van der Waals surface area (Å²) in [5, 5.41) is 11.3. The van der Waals surface area contributed by atoms with Crippen LogP contribution >= 0.6 is 35.6 Å². The van der Waals surface area contributed by atoms with Crippen molar-refractivity contribution >= 4 is 41.5 Å². The van der Waals surface area contributed by atoms with Crippen molar-refractivity contribution in [3.8, 4) is 11.4 Å². The lowest BCUT2D eigenvalue weighted by molar-refractivity contribution is 0.378. The van der Waals surface area contributed by atoms with Gasteiger partial charge in [-0.1, -0.05) is 54.0 Å². The van der Waals surface area contributed by atoms with E-state index in [9.17, 15) is 0 Å². The number of aliphatic imine (C=N–C) groups is 1. The third-order valence-corrected chi connectivity index (χ3v) is 4.62. The van der Waals surface area contributed by atoms with Crippen LogP contribution in [0.4, 0.5) is 0 Å². The van der Waals surface area contributed by atoms with Crippen molar-refractivity contribution in [3.05, 3.63) is 71.1 Å². The highest BCUT2D eigenvalue weighted by Crippen LogP contribution is 2.18. The molecule has 8 heteroatoms. The minimum absolute atomic E-state index is 0. The van der Waals surface area contributed by atoms with Crippen LogP contribution in [-0.2, 0) is 6.42 Å². The van der Waals surface area contributed by atoms with Crippen molar-refractivity contribution in [2.75, 3.05) is 20.1 Å². The number of halogens is 2. The fourth-order valence-electron chi connectivity index (χ4n) is 2.73. The topological polar surface area (TPSA) is 75.3 Å². The maximum absolute atomic E-state index is 5.91. The molecule has 1 heterocycles. The predicted molar refractivity (Wildman–Crippen MR) is 128 cm³/mol. The second-order valence-electron chi connectivity index (χ2n) is 6.46. The van der Waals surface area contributed by atoms with E-state index in [-0.39, 0.29) is 24.0 Å². The first-order valence-electron chi connectivity index (χ1n) is 9.23. The van der Waals surface area contributed by atoms with Crippen molar-refractivity contribution in [2.45, 2.75) is 19.3 Å². The van der Waals surface area contributed by atoms with Crippen LogP contribution in [0, 0.1) is 0 Å².